The largest absolute Gasteiger partial charge is 0.432 e. The normalized spacial score (nSPS) is 16.8. The first-order chi connectivity index (χ1) is 12.2. The molecule has 25 heavy (non-hydrogen) atoms. The second-order valence-corrected chi connectivity index (χ2v) is 5.05. The van der Waals surface area contributed by atoms with E-state index in [0.29, 0.717) is 11.5 Å². The van der Waals surface area contributed by atoms with Gasteiger partial charge in [-0.2, -0.15) is 23.4 Å². The van der Waals surface area contributed by atoms with Crippen molar-refractivity contribution in [3.8, 4) is 11.3 Å². The van der Waals surface area contributed by atoms with E-state index in [2.05, 4.69) is 35.1 Å². The first-order valence-corrected chi connectivity index (χ1v) is 7.26. The maximum atomic E-state index is 12.2. The Hall–Kier alpha value is -3.43. The van der Waals surface area contributed by atoms with Gasteiger partial charge in [0.05, 0.1) is 17.6 Å². The number of halogens is 2. The van der Waals surface area contributed by atoms with Crippen molar-refractivity contribution in [2.45, 2.75) is 12.8 Å². The highest BCUT2D eigenvalue weighted by Crippen LogP contribution is 2.24. The summed E-state index contributed by atoms with van der Waals surface area (Å²) in [6.07, 6.45) is 6.76. The number of nitrogens with one attached hydrogen (secondary N) is 1. The number of ether oxygens (including phenoxy) is 1. The van der Waals surface area contributed by atoms with Crippen LogP contribution in [0.1, 0.15) is 11.9 Å². The molecule has 0 radical (unpaired) electrons. The SMILES string of the molecule is FC(F)OC1=CNC(c2cc(-c3ccncc3)n3ncnc3n2)N=C1. The van der Waals surface area contributed by atoms with E-state index >= 15 is 0 Å². The van der Waals surface area contributed by atoms with Gasteiger partial charge in [-0.15, -0.1) is 0 Å². The fraction of sp³-hybridized carbons (Fsp3) is 0.133. The highest BCUT2D eigenvalue weighted by molar-refractivity contribution is 5.77. The summed E-state index contributed by atoms with van der Waals surface area (Å²) < 4.78 is 30.4. The lowest BCUT2D eigenvalue weighted by Crippen LogP contribution is -2.21. The van der Waals surface area contributed by atoms with Crippen LogP contribution in [0.15, 0.2) is 53.9 Å². The van der Waals surface area contributed by atoms with Gasteiger partial charge in [-0.3, -0.25) is 9.98 Å². The van der Waals surface area contributed by atoms with Gasteiger partial charge in [0.25, 0.3) is 5.78 Å². The zero-order valence-corrected chi connectivity index (χ0v) is 12.6. The molecule has 10 heteroatoms. The van der Waals surface area contributed by atoms with Gasteiger partial charge in [0.15, 0.2) is 11.9 Å². The Morgan fingerprint density at radius 2 is 2.08 bits per heavy atom. The van der Waals surface area contributed by atoms with Gasteiger partial charge in [-0.05, 0) is 18.2 Å². The lowest BCUT2D eigenvalue weighted by Gasteiger charge is -2.18. The van der Waals surface area contributed by atoms with Gasteiger partial charge < -0.3 is 10.1 Å². The maximum absolute atomic E-state index is 12.2. The van der Waals surface area contributed by atoms with Gasteiger partial charge in [0.1, 0.15) is 6.33 Å². The Bertz CT molecular complexity index is 955. The summed E-state index contributed by atoms with van der Waals surface area (Å²) >= 11 is 0. The predicted molar refractivity (Wildman–Crippen MR) is 83.6 cm³/mol. The van der Waals surface area contributed by atoms with Gasteiger partial charge in [-0.25, -0.2) is 4.98 Å². The molecule has 0 fully saturated rings. The first-order valence-electron chi connectivity index (χ1n) is 7.26. The number of fused-ring (bicyclic) bond motifs is 1. The Kier molecular flexibility index (Phi) is 3.77. The molecule has 126 valence electrons. The van der Waals surface area contributed by atoms with Crippen molar-refractivity contribution in [3.63, 3.8) is 0 Å². The number of allylic oxidation sites excluding steroid dienone is 1. The fourth-order valence-electron chi connectivity index (χ4n) is 2.42. The molecule has 1 unspecified atom stereocenters. The summed E-state index contributed by atoms with van der Waals surface area (Å²) in [6.45, 7) is -2.90. The molecule has 4 rings (SSSR count). The molecular weight excluding hydrogens is 332 g/mol. The molecule has 3 aromatic rings. The summed E-state index contributed by atoms with van der Waals surface area (Å²) in [5, 5.41) is 7.05. The van der Waals surface area contributed by atoms with Gasteiger partial charge in [0.2, 0.25) is 0 Å². The van der Waals surface area contributed by atoms with E-state index < -0.39 is 12.8 Å². The van der Waals surface area contributed by atoms with Crippen LogP contribution in [0, 0.1) is 0 Å². The number of aromatic nitrogens is 5. The molecule has 3 aromatic heterocycles. The van der Waals surface area contributed by atoms with Crippen molar-refractivity contribution >= 4 is 12.0 Å². The molecule has 1 aliphatic rings. The van der Waals surface area contributed by atoms with E-state index in [1.165, 1.54) is 18.7 Å². The van der Waals surface area contributed by atoms with E-state index in [1.54, 1.807) is 23.0 Å². The molecule has 1 N–H and O–H groups in total. The Labute approximate surface area is 139 Å². The second kappa shape index (κ2) is 6.23. The summed E-state index contributed by atoms with van der Waals surface area (Å²) in [5.41, 5.74) is 2.21. The standard InChI is InChI=1S/C15H11F2N7O/c16-14(17)25-10-6-19-13(20-7-10)11-5-12(9-1-3-18-4-2-9)24-15(23-11)21-8-22-24/h1-8,13-14,19H. The van der Waals surface area contributed by atoms with Gasteiger partial charge >= 0.3 is 6.61 Å². The molecule has 0 saturated carbocycles. The van der Waals surface area contributed by atoms with Gasteiger partial charge in [0, 0.05) is 24.2 Å². The Morgan fingerprint density at radius 3 is 2.80 bits per heavy atom. The maximum Gasteiger partial charge on any atom is 0.387 e. The topological polar surface area (TPSA) is 89.6 Å². The molecule has 4 heterocycles. The molecule has 0 bridgehead atoms. The summed E-state index contributed by atoms with van der Waals surface area (Å²) in [7, 11) is 0. The number of hydrogen-bond acceptors (Lipinski definition) is 7. The van der Waals surface area contributed by atoms with Crippen molar-refractivity contribution in [1.82, 2.24) is 29.9 Å². The third-order valence-corrected chi connectivity index (χ3v) is 3.49. The van der Waals surface area contributed by atoms with Crippen molar-refractivity contribution in [2.24, 2.45) is 4.99 Å². The smallest absolute Gasteiger partial charge is 0.387 e. The van der Waals surface area contributed by atoms with Crippen molar-refractivity contribution in [2.75, 3.05) is 0 Å². The quantitative estimate of drug-likeness (QED) is 0.779. The number of aliphatic imine (C=N–C) groups is 1. The minimum absolute atomic E-state index is 0.0517. The third kappa shape index (κ3) is 3.01. The molecule has 0 saturated heterocycles. The van der Waals surface area contributed by atoms with Crippen LogP contribution >= 0.6 is 0 Å². The highest BCUT2D eigenvalue weighted by Gasteiger charge is 2.19. The Morgan fingerprint density at radius 1 is 1.24 bits per heavy atom. The minimum atomic E-state index is -2.90. The second-order valence-electron chi connectivity index (χ2n) is 5.05. The zero-order valence-electron chi connectivity index (χ0n) is 12.6. The molecule has 1 atom stereocenters. The van der Waals surface area contributed by atoms with Crippen LogP contribution in [0.2, 0.25) is 0 Å². The molecular formula is C15H11F2N7O. The van der Waals surface area contributed by atoms with Crippen LogP contribution in [0.25, 0.3) is 17.0 Å². The predicted octanol–water partition coefficient (Wildman–Crippen LogP) is 1.94. The molecule has 8 nitrogen and oxygen atoms in total. The summed E-state index contributed by atoms with van der Waals surface area (Å²) in [4.78, 5) is 16.7. The molecule has 0 spiro atoms. The number of rotatable bonds is 4. The number of hydrogen-bond donors (Lipinski definition) is 1. The molecule has 0 aliphatic carbocycles. The van der Waals surface area contributed by atoms with E-state index in [9.17, 15) is 8.78 Å². The van der Waals surface area contributed by atoms with E-state index in [-0.39, 0.29) is 5.76 Å². The molecule has 0 amide bonds. The molecule has 1 aliphatic heterocycles. The minimum Gasteiger partial charge on any atom is -0.432 e. The van der Waals surface area contributed by atoms with E-state index in [4.69, 9.17) is 0 Å². The van der Waals surface area contributed by atoms with Crippen molar-refractivity contribution < 1.29 is 13.5 Å². The van der Waals surface area contributed by atoms with Gasteiger partial charge in [-0.1, -0.05) is 0 Å². The zero-order chi connectivity index (χ0) is 17.2. The summed E-state index contributed by atoms with van der Waals surface area (Å²) in [5.74, 6) is 0.351. The lowest BCUT2D eigenvalue weighted by atomic mass is 10.1. The summed E-state index contributed by atoms with van der Waals surface area (Å²) in [6, 6.07) is 5.48. The average Bonchev–Trinajstić information content (AvgIpc) is 3.10. The number of nitrogens with zero attached hydrogens (tertiary/aromatic N) is 6. The Balaban J connectivity index is 1.70. The number of alkyl halides is 2. The number of pyridine rings is 1. The lowest BCUT2D eigenvalue weighted by molar-refractivity contribution is -0.0899. The average molecular weight is 343 g/mol. The van der Waals surface area contributed by atoms with Crippen LogP contribution in [-0.4, -0.2) is 37.4 Å². The van der Waals surface area contributed by atoms with Crippen molar-refractivity contribution in [3.05, 3.63) is 54.6 Å². The third-order valence-electron chi connectivity index (χ3n) is 3.49. The highest BCUT2D eigenvalue weighted by atomic mass is 19.3. The monoisotopic (exact) mass is 343 g/mol. The van der Waals surface area contributed by atoms with Crippen LogP contribution in [0.3, 0.4) is 0 Å². The molecule has 0 aromatic carbocycles. The van der Waals surface area contributed by atoms with Crippen molar-refractivity contribution in [1.29, 1.82) is 0 Å². The van der Waals surface area contributed by atoms with Crippen LogP contribution in [0.5, 0.6) is 0 Å². The van der Waals surface area contributed by atoms with Crippen LogP contribution in [0.4, 0.5) is 8.78 Å². The van der Waals surface area contributed by atoms with Crippen LogP contribution in [-0.2, 0) is 4.74 Å². The van der Waals surface area contributed by atoms with E-state index in [1.807, 2.05) is 12.1 Å². The fourth-order valence-corrected chi connectivity index (χ4v) is 2.42. The van der Waals surface area contributed by atoms with E-state index in [0.717, 1.165) is 11.3 Å². The first kappa shape index (κ1) is 15.1. The van der Waals surface area contributed by atoms with Crippen LogP contribution < -0.4 is 5.32 Å².